The van der Waals surface area contributed by atoms with Crippen LogP contribution in [-0.2, 0) is 28.9 Å². The standard InChI is InChI=1S/C22H21F3N2O3/c1-13-21(29)27(11-14-3-2-4-17(9-14)22(23,24)25)12-16-10-18(7-8-19(16)30-13)26-20(28)15-5-6-15/h2-4,7-10,13,15H,5-6,11-12H2,1H3,(H,26,28). The van der Waals surface area contributed by atoms with Gasteiger partial charge in [0.2, 0.25) is 5.91 Å². The van der Waals surface area contributed by atoms with Crippen molar-refractivity contribution in [2.45, 2.75) is 45.1 Å². The summed E-state index contributed by atoms with van der Waals surface area (Å²) >= 11 is 0. The Morgan fingerprint density at radius 3 is 2.67 bits per heavy atom. The molecule has 1 atom stereocenters. The highest BCUT2D eigenvalue weighted by Crippen LogP contribution is 2.33. The summed E-state index contributed by atoms with van der Waals surface area (Å²) in [6, 6.07) is 10.1. The lowest BCUT2D eigenvalue weighted by atomic mass is 10.1. The quantitative estimate of drug-likeness (QED) is 0.803. The fourth-order valence-electron chi connectivity index (χ4n) is 3.47. The highest BCUT2D eigenvalue weighted by Gasteiger charge is 2.32. The van der Waals surface area contributed by atoms with Gasteiger partial charge in [-0.15, -0.1) is 0 Å². The van der Waals surface area contributed by atoms with Crippen LogP contribution in [-0.4, -0.2) is 22.8 Å². The molecule has 1 aliphatic carbocycles. The normalized spacial score (nSPS) is 19.0. The lowest BCUT2D eigenvalue weighted by Crippen LogP contribution is -2.37. The third-order valence-corrected chi connectivity index (χ3v) is 5.23. The summed E-state index contributed by atoms with van der Waals surface area (Å²) in [5.74, 6) is 0.229. The molecule has 2 aliphatic rings. The van der Waals surface area contributed by atoms with Crippen LogP contribution in [0.3, 0.4) is 0 Å². The summed E-state index contributed by atoms with van der Waals surface area (Å²) in [6.45, 7) is 1.80. The maximum absolute atomic E-state index is 13.0. The first kappa shape index (κ1) is 20.3. The molecule has 0 saturated heterocycles. The van der Waals surface area contributed by atoms with Crippen LogP contribution >= 0.6 is 0 Å². The number of anilines is 1. The van der Waals surface area contributed by atoms with Gasteiger partial charge in [-0.2, -0.15) is 13.2 Å². The van der Waals surface area contributed by atoms with Crippen molar-refractivity contribution in [2.24, 2.45) is 5.92 Å². The van der Waals surface area contributed by atoms with Gasteiger partial charge in [-0.25, -0.2) is 0 Å². The molecule has 4 rings (SSSR count). The van der Waals surface area contributed by atoms with Crippen molar-refractivity contribution in [1.29, 1.82) is 0 Å². The molecule has 30 heavy (non-hydrogen) atoms. The predicted octanol–water partition coefficient (Wildman–Crippen LogP) is 4.36. The minimum atomic E-state index is -4.45. The van der Waals surface area contributed by atoms with Crippen molar-refractivity contribution < 1.29 is 27.5 Å². The van der Waals surface area contributed by atoms with Crippen LogP contribution in [0.25, 0.3) is 0 Å². The molecule has 1 unspecified atom stereocenters. The SMILES string of the molecule is CC1Oc2ccc(NC(=O)C3CC3)cc2CN(Cc2cccc(C(F)(F)F)c2)C1=O. The second kappa shape index (κ2) is 7.66. The van der Waals surface area contributed by atoms with E-state index in [1.165, 1.54) is 11.0 Å². The number of nitrogens with one attached hydrogen (secondary N) is 1. The minimum Gasteiger partial charge on any atom is -0.481 e. The Hall–Kier alpha value is -3.03. The summed E-state index contributed by atoms with van der Waals surface area (Å²) in [5.41, 5.74) is 0.924. The van der Waals surface area contributed by atoms with Crippen LogP contribution < -0.4 is 10.1 Å². The Labute approximate surface area is 171 Å². The first-order chi connectivity index (χ1) is 14.2. The second-order valence-corrected chi connectivity index (χ2v) is 7.74. The highest BCUT2D eigenvalue weighted by molar-refractivity contribution is 5.94. The number of fused-ring (bicyclic) bond motifs is 1. The van der Waals surface area contributed by atoms with Gasteiger partial charge in [-0.1, -0.05) is 12.1 Å². The Morgan fingerprint density at radius 2 is 1.97 bits per heavy atom. The van der Waals surface area contributed by atoms with Crippen LogP contribution in [0.5, 0.6) is 5.75 Å². The van der Waals surface area contributed by atoms with Gasteiger partial charge in [0.25, 0.3) is 5.91 Å². The third-order valence-electron chi connectivity index (χ3n) is 5.23. The summed E-state index contributed by atoms with van der Waals surface area (Å²) in [4.78, 5) is 26.3. The van der Waals surface area contributed by atoms with Gasteiger partial charge in [0.1, 0.15) is 5.75 Å². The maximum atomic E-state index is 13.0. The summed E-state index contributed by atoms with van der Waals surface area (Å²) in [7, 11) is 0. The van der Waals surface area contributed by atoms with E-state index in [9.17, 15) is 22.8 Å². The van der Waals surface area contributed by atoms with Gasteiger partial charge < -0.3 is 15.0 Å². The molecule has 1 fully saturated rings. The third kappa shape index (κ3) is 4.42. The number of hydrogen-bond acceptors (Lipinski definition) is 3. The van der Waals surface area contributed by atoms with Crippen LogP contribution in [0.4, 0.5) is 18.9 Å². The van der Waals surface area contributed by atoms with Crippen LogP contribution in [0.15, 0.2) is 42.5 Å². The molecular weight excluding hydrogens is 397 g/mol. The average Bonchev–Trinajstić information content (AvgIpc) is 3.53. The van der Waals surface area contributed by atoms with Crippen molar-refractivity contribution in [1.82, 2.24) is 4.90 Å². The molecule has 5 nitrogen and oxygen atoms in total. The Morgan fingerprint density at radius 1 is 1.20 bits per heavy atom. The lowest BCUT2D eigenvalue weighted by Gasteiger charge is -2.22. The fraction of sp³-hybridized carbons (Fsp3) is 0.364. The van der Waals surface area contributed by atoms with Gasteiger partial charge >= 0.3 is 6.18 Å². The molecule has 2 aromatic rings. The van der Waals surface area contributed by atoms with Crippen molar-refractivity contribution in [3.05, 3.63) is 59.2 Å². The maximum Gasteiger partial charge on any atom is 0.416 e. The molecule has 0 aromatic heterocycles. The molecule has 1 aliphatic heterocycles. The number of nitrogens with zero attached hydrogens (tertiary/aromatic N) is 1. The van der Waals surface area contributed by atoms with Crippen LogP contribution in [0, 0.1) is 5.92 Å². The number of alkyl halides is 3. The number of ether oxygens (including phenoxy) is 1. The number of halogens is 3. The topological polar surface area (TPSA) is 58.6 Å². The van der Waals surface area contributed by atoms with Crippen molar-refractivity contribution in [2.75, 3.05) is 5.32 Å². The van der Waals surface area contributed by atoms with E-state index in [0.29, 0.717) is 22.6 Å². The molecule has 158 valence electrons. The van der Waals surface area contributed by atoms with Gasteiger partial charge in [-0.05, 0) is 55.7 Å². The van der Waals surface area contributed by atoms with Crippen LogP contribution in [0.2, 0.25) is 0 Å². The van der Waals surface area contributed by atoms with E-state index in [4.69, 9.17) is 4.74 Å². The number of rotatable bonds is 4. The molecule has 8 heteroatoms. The largest absolute Gasteiger partial charge is 0.481 e. The molecular formula is C22H21F3N2O3. The van der Waals surface area contributed by atoms with Crippen molar-refractivity contribution in [3.63, 3.8) is 0 Å². The van der Waals surface area contributed by atoms with Crippen molar-refractivity contribution in [3.8, 4) is 5.75 Å². The number of benzene rings is 2. The summed E-state index contributed by atoms with van der Waals surface area (Å²) in [6.07, 6.45) is -3.45. The first-order valence-electron chi connectivity index (χ1n) is 9.76. The van der Waals surface area contributed by atoms with E-state index >= 15 is 0 Å². The number of carbonyl (C=O) groups excluding carboxylic acids is 2. The Balaban J connectivity index is 1.57. The molecule has 1 N–H and O–H groups in total. The fourth-order valence-corrected chi connectivity index (χ4v) is 3.47. The molecule has 1 saturated carbocycles. The number of hydrogen-bond donors (Lipinski definition) is 1. The zero-order valence-electron chi connectivity index (χ0n) is 16.3. The summed E-state index contributed by atoms with van der Waals surface area (Å²) in [5, 5.41) is 2.86. The lowest BCUT2D eigenvalue weighted by molar-refractivity contribution is -0.138. The van der Waals surface area contributed by atoms with E-state index in [1.54, 1.807) is 31.2 Å². The van der Waals surface area contributed by atoms with E-state index < -0.39 is 17.8 Å². The number of amides is 2. The first-order valence-corrected chi connectivity index (χ1v) is 9.76. The molecule has 2 amide bonds. The molecule has 2 aromatic carbocycles. The average molecular weight is 418 g/mol. The van der Waals surface area contributed by atoms with E-state index in [0.717, 1.165) is 25.0 Å². The smallest absolute Gasteiger partial charge is 0.416 e. The second-order valence-electron chi connectivity index (χ2n) is 7.74. The van der Waals surface area contributed by atoms with Gasteiger partial charge in [-0.3, -0.25) is 9.59 Å². The Kier molecular flexibility index (Phi) is 5.17. The Bertz CT molecular complexity index is 986. The van der Waals surface area contributed by atoms with Gasteiger partial charge in [0, 0.05) is 30.3 Å². The summed E-state index contributed by atoms with van der Waals surface area (Å²) < 4.78 is 44.8. The van der Waals surface area contributed by atoms with E-state index in [2.05, 4.69) is 5.32 Å². The zero-order valence-corrected chi connectivity index (χ0v) is 16.3. The monoisotopic (exact) mass is 418 g/mol. The number of carbonyl (C=O) groups is 2. The predicted molar refractivity (Wildman–Crippen MR) is 104 cm³/mol. The van der Waals surface area contributed by atoms with E-state index in [1.807, 2.05) is 0 Å². The molecule has 0 radical (unpaired) electrons. The van der Waals surface area contributed by atoms with Crippen molar-refractivity contribution >= 4 is 17.5 Å². The zero-order chi connectivity index (χ0) is 21.5. The molecule has 0 bridgehead atoms. The highest BCUT2D eigenvalue weighted by atomic mass is 19.4. The molecule has 0 spiro atoms. The van der Waals surface area contributed by atoms with E-state index in [-0.39, 0.29) is 30.8 Å². The van der Waals surface area contributed by atoms with Gasteiger partial charge in [0.15, 0.2) is 6.10 Å². The molecule has 1 heterocycles. The van der Waals surface area contributed by atoms with Crippen LogP contribution in [0.1, 0.15) is 36.5 Å². The van der Waals surface area contributed by atoms with Gasteiger partial charge in [0.05, 0.1) is 5.56 Å². The minimum absolute atomic E-state index is 0.0224.